The first-order valence-corrected chi connectivity index (χ1v) is 12.4. The van der Waals surface area contributed by atoms with Crippen molar-refractivity contribution >= 4 is 23.4 Å². The van der Waals surface area contributed by atoms with Gasteiger partial charge in [0, 0.05) is 24.5 Å². The Balaban J connectivity index is 1.54. The van der Waals surface area contributed by atoms with E-state index < -0.39 is 6.04 Å². The molecule has 0 spiro atoms. The molecule has 3 aromatic rings. The number of carbonyl (C=O) groups is 2. The van der Waals surface area contributed by atoms with E-state index in [4.69, 9.17) is 11.6 Å². The Morgan fingerprint density at radius 2 is 1.60 bits per heavy atom. The van der Waals surface area contributed by atoms with Crippen molar-refractivity contribution in [1.29, 1.82) is 0 Å². The summed E-state index contributed by atoms with van der Waals surface area (Å²) in [7, 11) is 0. The van der Waals surface area contributed by atoms with Crippen molar-refractivity contribution in [3.8, 4) is 5.75 Å². The summed E-state index contributed by atoms with van der Waals surface area (Å²) in [6.07, 6.45) is 3.00. The second-order valence-corrected chi connectivity index (χ2v) is 9.75. The fourth-order valence-electron chi connectivity index (χ4n) is 4.10. The fourth-order valence-corrected chi connectivity index (χ4v) is 4.22. The third-order valence-corrected chi connectivity index (χ3v) is 6.62. The van der Waals surface area contributed by atoms with Crippen molar-refractivity contribution in [3.05, 3.63) is 100 Å². The minimum absolute atomic E-state index is 0.0443. The summed E-state index contributed by atoms with van der Waals surface area (Å²) in [5.74, 6) is 0.400. The van der Waals surface area contributed by atoms with Crippen molar-refractivity contribution in [2.75, 3.05) is 6.54 Å². The third kappa shape index (κ3) is 7.09. The van der Waals surface area contributed by atoms with Gasteiger partial charge in [0.25, 0.3) is 0 Å². The largest absolute Gasteiger partial charge is 0.508 e. The molecule has 0 aliphatic heterocycles. The predicted octanol–water partition coefficient (Wildman–Crippen LogP) is 5.58. The summed E-state index contributed by atoms with van der Waals surface area (Å²) in [5.41, 5.74) is 3.82. The van der Waals surface area contributed by atoms with Crippen molar-refractivity contribution in [1.82, 2.24) is 10.2 Å². The molecule has 6 heteroatoms. The lowest BCUT2D eigenvalue weighted by Gasteiger charge is -2.32. The number of carbonyl (C=O) groups excluding carboxylic acids is 2. The van der Waals surface area contributed by atoms with Gasteiger partial charge < -0.3 is 15.3 Å². The van der Waals surface area contributed by atoms with Crippen LogP contribution >= 0.6 is 11.6 Å². The minimum Gasteiger partial charge on any atom is -0.508 e. The fraction of sp³-hybridized carbons (Fsp3) is 0.310. The van der Waals surface area contributed by atoms with Crippen LogP contribution in [0.15, 0.2) is 72.8 Å². The first-order valence-electron chi connectivity index (χ1n) is 12.0. The molecule has 182 valence electrons. The maximum absolute atomic E-state index is 13.6. The van der Waals surface area contributed by atoms with Crippen LogP contribution in [0, 0.1) is 12.8 Å². The molecule has 4 rings (SSSR count). The first-order chi connectivity index (χ1) is 16.9. The lowest BCUT2D eigenvalue weighted by molar-refractivity contribution is -0.141. The van der Waals surface area contributed by atoms with Crippen LogP contribution in [0.2, 0.25) is 5.02 Å². The van der Waals surface area contributed by atoms with Crippen LogP contribution in [0.4, 0.5) is 0 Å². The van der Waals surface area contributed by atoms with E-state index in [1.165, 1.54) is 0 Å². The van der Waals surface area contributed by atoms with Gasteiger partial charge in [0.05, 0.1) is 0 Å². The molecular weight excluding hydrogens is 460 g/mol. The number of hydrogen-bond donors (Lipinski definition) is 2. The molecule has 0 radical (unpaired) electrons. The van der Waals surface area contributed by atoms with E-state index in [2.05, 4.69) is 5.32 Å². The van der Waals surface area contributed by atoms with Crippen molar-refractivity contribution < 1.29 is 14.7 Å². The summed E-state index contributed by atoms with van der Waals surface area (Å²) in [4.78, 5) is 28.9. The molecular formula is C29H31ClN2O3. The van der Waals surface area contributed by atoms with Crippen molar-refractivity contribution in [2.24, 2.45) is 5.92 Å². The number of nitrogens with zero attached hydrogens (tertiary/aromatic N) is 1. The first kappa shape index (κ1) is 24.8. The number of aryl methyl sites for hydroxylation is 2. The second-order valence-electron chi connectivity index (χ2n) is 9.31. The zero-order chi connectivity index (χ0) is 24.8. The van der Waals surface area contributed by atoms with E-state index >= 15 is 0 Å². The molecule has 2 N–H and O–H groups in total. The van der Waals surface area contributed by atoms with Gasteiger partial charge in [-0.15, -0.1) is 0 Å². The second kappa shape index (κ2) is 11.4. The topological polar surface area (TPSA) is 69.6 Å². The summed E-state index contributed by atoms with van der Waals surface area (Å²) < 4.78 is 0. The molecule has 1 atom stereocenters. The van der Waals surface area contributed by atoms with Gasteiger partial charge in [0.2, 0.25) is 11.8 Å². The summed E-state index contributed by atoms with van der Waals surface area (Å²) in [6.45, 7) is 2.93. The Hall–Kier alpha value is -3.31. The third-order valence-electron chi connectivity index (χ3n) is 6.37. The van der Waals surface area contributed by atoms with Crippen LogP contribution < -0.4 is 5.32 Å². The maximum atomic E-state index is 13.6. The summed E-state index contributed by atoms with van der Waals surface area (Å²) >= 11 is 5.99. The Labute approximate surface area is 211 Å². The average Bonchev–Trinajstić information content (AvgIpc) is 3.68. The SMILES string of the molecule is Cc1ccc(C(C(=O)NCc2ccc(Cl)cc2)N(CC2CC2)C(=O)CCc2ccc(O)cc2)cc1. The van der Waals surface area contributed by atoms with Crippen LogP contribution in [0.5, 0.6) is 5.75 Å². The standard InChI is InChI=1S/C29H31ClN2O3/c1-20-2-11-24(12-3-20)28(29(35)31-18-22-6-13-25(30)14-7-22)32(19-23-4-5-23)27(34)17-10-21-8-15-26(33)16-9-21/h2-3,6-9,11-16,23,28,33H,4-5,10,17-19H2,1H3,(H,31,35). The number of phenols is 1. The van der Waals surface area contributed by atoms with Gasteiger partial charge in [-0.25, -0.2) is 0 Å². The van der Waals surface area contributed by atoms with Crippen LogP contribution in [-0.4, -0.2) is 28.4 Å². The van der Waals surface area contributed by atoms with Gasteiger partial charge >= 0.3 is 0 Å². The minimum atomic E-state index is -0.698. The number of rotatable bonds is 10. The molecule has 1 fully saturated rings. The van der Waals surface area contributed by atoms with Crippen molar-refractivity contribution in [3.63, 3.8) is 0 Å². The highest BCUT2D eigenvalue weighted by Gasteiger charge is 2.35. The van der Waals surface area contributed by atoms with E-state index in [9.17, 15) is 14.7 Å². The molecule has 0 heterocycles. The lowest BCUT2D eigenvalue weighted by Crippen LogP contribution is -2.44. The van der Waals surface area contributed by atoms with Gasteiger partial charge in [-0.05, 0) is 73.1 Å². The summed E-state index contributed by atoms with van der Waals surface area (Å²) in [6, 6.07) is 21.4. The molecule has 35 heavy (non-hydrogen) atoms. The molecule has 1 saturated carbocycles. The highest BCUT2D eigenvalue weighted by molar-refractivity contribution is 6.30. The van der Waals surface area contributed by atoms with Gasteiger partial charge in [0.15, 0.2) is 0 Å². The normalized spacial score (nSPS) is 13.8. The molecule has 1 aliphatic carbocycles. The molecule has 2 amide bonds. The summed E-state index contributed by atoms with van der Waals surface area (Å²) in [5, 5.41) is 13.2. The van der Waals surface area contributed by atoms with E-state index in [1.807, 2.05) is 55.5 Å². The molecule has 0 bridgehead atoms. The number of amides is 2. The molecule has 1 aliphatic rings. The molecule has 0 saturated heterocycles. The van der Waals surface area contributed by atoms with Gasteiger partial charge in [-0.2, -0.15) is 0 Å². The molecule has 5 nitrogen and oxygen atoms in total. The van der Waals surface area contributed by atoms with Crippen LogP contribution in [0.25, 0.3) is 0 Å². The van der Waals surface area contributed by atoms with E-state index in [1.54, 1.807) is 29.2 Å². The number of halogens is 1. The Morgan fingerprint density at radius 1 is 0.971 bits per heavy atom. The number of aromatic hydroxyl groups is 1. The van der Waals surface area contributed by atoms with Crippen LogP contribution in [-0.2, 0) is 22.6 Å². The maximum Gasteiger partial charge on any atom is 0.247 e. The number of hydrogen-bond acceptors (Lipinski definition) is 3. The van der Waals surface area contributed by atoms with E-state index in [0.29, 0.717) is 36.9 Å². The van der Waals surface area contributed by atoms with E-state index in [0.717, 1.165) is 35.1 Å². The number of nitrogens with one attached hydrogen (secondary N) is 1. The Bertz CT molecular complexity index is 1140. The number of benzene rings is 3. The van der Waals surface area contributed by atoms with Crippen LogP contribution in [0.3, 0.4) is 0 Å². The van der Waals surface area contributed by atoms with Gasteiger partial charge in [0.1, 0.15) is 11.8 Å². The zero-order valence-electron chi connectivity index (χ0n) is 19.9. The quantitative estimate of drug-likeness (QED) is 0.389. The van der Waals surface area contributed by atoms with Crippen LogP contribution in [0.1, 0.15) is 47.6 Å². The molecule has 0 aromatic heterocycles. The smallest absolute Gasteiger partial charge is 0.247 e. The Kier molecular flexibility index (Phi) is 8.09. The molecule has 3 aromatic carbocycles. The highest BCUT2D eigenvalue weighted by Crippen LogP contribution is 2.34. The highest BCUT2D eigenvalue weighted by atomic mass is 35.5. The van der Waals surface area contributed by atoms with Crippen molar-refractivity contribution in [2.45, 2.75) is 45.2 Å². The Morgan fingerprint density at radius 3 is 2.23 bits per heavy atom. The zero-order valence-corrected chi connectivity index (χ0v) is 20.7. The number of phenolic OH excluding ortho intramolecular Hbond substituents is 1. The monoisotopic (exact) mass is 490 g/mol. The molecule has 1 unspecified atom stereocenters. The lowest BCUT2D eigenvalue weighted by atomic mass is 10.0. The average molecular weight is 491 g/mol. The van der Waals surface area contributed by atoms with Gasteiger partial charge in [-0.1, -0.05) is 65.7 Å². The predicted molar refractivity (Wildman–Crippen MR) is 138 cm³/mol. The van der Waals surface area contributed by atoms with Gasteiger partial charge in [-0.3, -0.25) is 9.59 Å². The van der Waals surface area contributed by atoms with E-state index in [-0.39, 0.29) is 17.6 Å².